The second-order valence-electron chi connectivity index (χ2n) is 6.89. The average Bonchev–Trinajstić information content (AvgIpc) is 2.88. The van der Waals surface area contributed by atoms with E-state index in [1.54, 1.807) is 17.6 Å². The van der Waals surface area contributed by atoms with Crippen molar-refractivity contribution in [3.05, 3.63) is 30.1 Å². The monoisotopic (exact) mass is 339 g/mol. The first-order valence-electron chi connectivity index (χ1n) is 7.98. The van der Waals surface area contributed by atoms with Gasteiger partial charge in [-0.3, -0.25) is 9.88 Å². The molecule has 2 unspecified atom stereocenters. The number of pyridine rings is 1. The summed E-state index contributed by atoms with van der Waals surface area (Å²) >= 11 is 0. The van der Waals surface area contributed by atoms with Crippen molar-refractivity contribution in [2.75, 3.05) is 46.2 Å². The fourth-order valence-corrected chi connectivity index (χ4v) is 4.91. The van der Waals surface area contributed by atoms with Crippen molar-refractivity contribution in [3.8, 4) is 0 Å². The van der Waals surface area contributed by atoms with E-state index in [4.69, 9.17) is 4.74 Å². The molecule has 0 radical (unpaired) electrons. The van der Waals surface area contributed by atoms with Crippen molar-refractivity contribution < 1.29 is 13.2 Å². The Balaban J connectivity index is 1.73. The first-order chi connectivity index (χ1) is 10.9. The molecule has 2 fully saturated rings. The van der Waals surface area contributed by atoms with E-state index in [9.17, 15) is 8.42 Å². The van der Waals surface area contributed by atoms with E-state index >= 15 is 0 Å². The largest absolute Gasteiger partial charge is 0.384 e. The smallest absolute Gasteiger partial charge is 0.211 e. The third-order valence-electron chi connectivity index (χ3n) is 5.22. The third kappa shape index (κ3) is 3.57. The summed E-state index contributed by atoms with van der Waals surface area (Å²) in [7, 11) is -1.44. The number of nitrogens with zero attached hydrogens (tertiary/aromatic N) is 3. The van der Waals surface area contributed by atoms with Crippen molar-refractivity contribution in [2.24, 2.45) is 11.3 Å². The summed E-state index contributed by atoms with van der Waals surface area (Å²) in [6, 6.07) is 4.04. The summed E-state index contributed by atoms with van der Waals surface area (Å²) in [6.45, 7) is 4.56. The fourth-order valence-electron chi connectivity index (χ4n) is 3.97. The minimum absolute atomic E-state index is 0.0384. The molecule has 3 rings (SSSR count). The highest BCUT2D eigenvalue weighted by atomic mass is 32.2. The topological polar surface area (TPSA) is 62.7 Å². The van der Waals surface area contributed by atoms with Gasteiger partial charge in [-0.1, -0.05) is 6.07 Å². The van der Waals surface area contributed by atoms with Gasteiger partial charge in [-0.15, -0.1) is 0 Å². The van der Waals surface area contributed by atoms with Crippen LogP contribution in [0.4, 0.5) is 0 Å². The summed E-state index contributed by atoms with van der Waals surface area (Å²) in [5, 5.41) is 0. The molecule has 2 saturated heterocycles. The molecule has 0 amide bonds. The number of ether oxygens (including phenoxy) is 1. The number of likely N-dealkylation sites (tertiary alicyclic amines) is 1. The van der Waals surface area contributed by atoms with Crippen LogP contribution < -0.4 is 0 Å². The van der Waals surface area contributed by atoms with E-state index < -0.39 is 10.0 Å². The van der Waals surface area contributed by atoms with Crippen LogP contribution in [-0.4, -0.2) is 68.8 Å². The maximum Gasteiger partial charge on any atom is 0.211 e. The van der Waals surface area contributed by atoms with Crippen LogP contribution in [0.1, 0.15) is 12.0 Å². The molecule has 6 nitrogen and oxygen atoms in total. The van der Waals surface area contributed by atoms with E-state index in [-0.39, 0.29) is 5.41 Å². The highest BCUT2D eigenvalue weighted by Crippen LogP contribution is 2.44. The molecule has 3 heterocycles. The van der Waals surface area contributed by atoms with Crippen molar-refractivity contribution in [1.29, 1.82) is 0 Å². The molecule has 128 valence electrons. The van der Waals surface area contributed by atoms with Gasteiger partial charge in [0, 0.05) is 51.1 Å². The Bertz CT molecular complexity index is 637. The predicted molar refractivity (Wildman–Crippen MR) is 88.3 cm³/mol. The van der Waals surface area contributed by atoms with Crippen LogP contribution in [0.25, 0.3) is 0 Å². The Kier molecular flexibility index (Phi) is 4.73. The lowest BCUT2D eigenvalue weighted by molar-refractivity contribution is -0.00110. The lowest BCUT2D eigenvalue weighted by Crippen LogP contribution is -2.48. The molecule has 23 heavy (non-hydrogen) atoms. The number of aromatic nitrogens is 1. The van der Waals surface area contributed by atoms with Crippen LogP contribution in [0.5, 0.6) is 0 Å². The molecule has 2 aliphatic heterocycles. The summed E-state index contributed by atoms with van der Waals surface area (Å²) in [5.41, 5.74) is 1.16. The molecule has 0 aromatic carbocycles. The summed E-state index contributed by atoms with van der Waals surface area (Å²) in [4.78, 5) is 6.57. The minimum Gasteiger partial charge on any atom is -0.384 e. The fraction of sp³-hybridized carbons (Fsp3) is 0.688. The van der Waals surface area contributed by atoms with E-state index in [1.165, 1.54) is 11.8 Å². The van der Waals surface area contributed by atoms with Gasteiger partial charge in [-0.2, -0.15) is 0 Å². The number of fused-ring (bicyclic) bond motifs is 1. The quantitative estimate of drug-likeness (QED) is 0.794. The first kappa shape index (κ1) is 16.8. The van der Waals surface area contributed by atoms with Gasteiger partial charge in [0.2, 0.25) is 10.0 Å². The molecule has 0 N–H and O–H groups in total. The Hall–Kier alpha value is -1.02. The Morgan fingerprint density at radius 1 is 1.43 bits per heavy atom. The Morgan fingerprint density at radius 3 is 2.91 bits per heavy atom. The average molecular weight is 339 g/mol. The SMILES string of the molecule is COCC12CCN(Cc3cccnc3)CC1CN(S(C)(=O)=O)C2. The van der Waals surface area contributed by atoms with Gasteiger partial charge in [0.1, 0.15) is 0 Å². The van der Waals surface area contributed by atoms with Crippen LogP contribution in [0.2, 0.25) is 0 Å². The molecule has 0 bridgehead atoms. The molecule has 0 spiro atoms. The summed E-state index contributed by atoms with van der Waals surface area (Å²) < 4.78 is 31.0. The van der Waals surface area contributed by atoms with E-state index in [1.807, 2.05) is 12.3 Å². The first-order valence-corrected chi connectivity index (χ1v) is 9.83. The van der Waals surface area contributed by atoms with Gasteiger partial charge < -0.3 is 4.74 Å². The number of sulfonamides is 1. The summed E-state index contributed by atoms with van der Waals surface area (Å²) in [5.74, 6) is 0.322. The maximum atomic E-state index is 12.0. The number of piperidine rings is 1. The van der Waals surface area contributed by atoms with E-state index in [0.717, 1.165) is 26.1 Å². The van der Waals surface area contributed by atoms with Gasteiger partial charge in [0.05, 0.1) is 12.9 Å². The molecule has 1 aromatic heterocycles. The van der Waals surface area contributed by atoms with Crippen LogP contribution in [0.3, 0.4) is 0 Å². The van der Waals surface area contributed by atoms with Crippen LogP contribution >= 0.6 is 0 Å². The Morgan fingerprint density at radius 2 is 2.26 bits per heavy atom. The third-order valence-corrected chi connectivity index (χ3v) is 6.43. The van der Waals surface area contributed by atoms with Crippen molar-refractivity contribution in [3.63, 3.8) is 0 Å². The molecular weight excluding hydrogens is 314 g/mol. The number of rotatable bonds is 5. The zero-order valence-electron chi connectivity index (χ0n) is 13.8. The molecule has 2 atom stereocenters. The van der Waals surface area contributed by atoms with Gasteiger partial charge in [-0.05, 0) is 30.5 Å². The Labute approximate surface area is 138 Å². The highest BCUT2D eigenvalue weighted by molar-refractivity contribution is 7.88. The molecular formula is C16H25N3O3S. The second-order valence-corrected chi connectivity index (χ2v) is 8.88. The number of methoxy groups -OCH3 is 1. The van der Waals surface area contributed by atoms with Gasteiger partial charge in [0.25, 0.3) is 0 Å². The van der Waals surface area contributed by atoms with Crippen LogP contribution in [-0.2, 0) is 21.3 Å². The number of hydrogen-bond donors (Lipinski definition) is 0. The molecule has 7 heteroatoms. The van der Waals surface area contributed by atoms with Crippen LogP contribution in [0.15, 0.2) is 24.5 Å². The maximum absolute atomic E-state index is 12.0. The molecule has 0 saturated carbocycles. The highest BCUT2D eigenvalue weighted by Gasteiger charge is 2.51. The molecule has 2 aliphatic rings. The molecule has 0 aliphatic carbocycles. The van der Waals surface area contributed by atoms with Crippen LogP contribution in [0, 0.1) is 11.3 Å². The van der Waals surface area contributed by atoms with Gasteiger partial charge in [-0.25, -0.2) is 12.7 Å². The normalized spacial score (nSPS) is 29.6. The van der Waals surface area contributed by atoms with E-state index in [0.29, 0.717) is 25.6 Å². The summed E-state index contributed by atoms with van der Waals surface area (Å²) in [6.07, 6.45) is 5.95. The minimum atomic E-state index is -3.14. The van der Waals surface area contributed by atoms with Gasteiger partial charge in [0.15, 0.2) is 0 Å². The second kappa shape index (κ2) is 6.47. The lowest BCUT2D eigenvalue weighted by atomic mass is 9.73. The zero-order valence-corrected chi connectivity index (χ0v) is 14.6. The number of hydrogen-bond acceptors (Lipinski definition) is 5. The standard InChI is InChI=1S/C16H25N3O3S/c1-22-13-16-5-7-18(9-14-4-3-6-17-8-14)10-15(16)11-19(12-16)23(2,20)21/h3-4,6,8,15H,5,7,9-13H2,1-2H3. The van der Waals surface area contributed by atoms with E-state index in [2.05, 4.69) is 16.0 Å². The van der Waals surface area contributed by atoms with Gasteiger partial charge >= 0.3 is 0 Å². The lowest BCUT2D eigenvalue weighted by Gasteiger charge is -2.43. The molecule has 1 aromatic rings. The van der Waals surface area contributed by atoms with Crippen molar-refractivity contribution in [1.82, 2.24) is 14.2 Å². The zero-order chi connectivity index (χ0) is 16.5. The van der Waals surface area contributed by atoms with Crippen molar-refractivity contribution >= 4 is 10.0 Å². The van der Waals surface area contributed by atoms with Crippen molar-refractivity contribution in [2.45, 2.75) is 13.0 Å². The predicted octanol–water partition coefficient (Wildman–Crippen LogP) is 0.812.